The number of nitrogens with one attached hydrogen (secondary N) is 1. The number of carboxylic acid groups (broad SMARTS) is 1. The molecule has 0 radical (unpaired) electrons. The van der Waals surface area contributed by atoms with Crippen LogP contribution in [0.4, 0.5) is 0 Å². The molecule has 76 valence electrons. The van der Waals surface area contributed by atoms with Gasteiger partial charge in [0.05, 0.1) is 6.04 Å². The van der Waals surface area contributed by atoms with E-state index in [1.54, 1.807) is 0 Å². The van der Waals surface area contributed by atoms with E-state index >= 15 is 0 Å². The molecule has 5 heteroatoms. The van der Waals surface area contributed by atoms with Gasteiger partial charge < -0.3 is 16.2 Å². The molecule has 0 bridgehead atoms. The van der Waals surface area contributed by atoms with E-state index in [9.17, 15) is 9.59 Å². The van der Waals surface area contributed by atoms with Crippen LogP contribution in [0.3, 0.4) is 0 Å². The predicted molar refractivity (Wildman–Crippen MR) is 48.1 cm³/mol. The first-order valence-corrected chi connectivity index (χ1v) is 4.32. The summed E-state index contributed by atoms with van der Waals surface area (Å²) in [5.41, 5.74) is 5.07. The lowest BCUT2D eigenvalue weighted by molar-refractivity contribution is -0.137. The van der Waals surface area contributed by atoms with Crippen molar-refractivity contribution in [3.05, 3.63) is 0 Å². The van der Waals surface area contributed by atoms with E-state index in [4.69, 9.17) is 10.8 Å². The van der Waals surface area contributed by atoms with Crippen LogP contribution in [0, 0.1) is 0 Å². The zero-order valence-electron chi connectivity index (χ0n) is 7.75. The molecule has 0 fully saturated rings. The summed E-state index contributed by atoms with van der Waals surface area (Å²) in [6, 6.07) is -0.339. The van der Waals surface area contributed by atoms with Gasteiger partial charge in [0.1, 0.15) is 0 Å². The highest BCUT2D eigenvalue weighted by Gasteiger charge is 2.10. The molecule has 0 unspecified atom stereocenters. The van der Waals surface area contributed by atoms with Crippen molar-refractivity contribution in [1.82, 2.24) is 5.32 Å². The molecule has 13 heavy (non-hydrogen) atoms. The molecule has 0 aliphatic rings. The van der Waals surface area contributed by atoms with Gasteiger partial charge in [-0.1, -0.05) is 6.92 Å². The van der Waals surface area contributed by atoms with E-state index in [2.05, 4.69) is 5.32 Å². The number of amides is 1. The third-order valence-corrected chi connectivity index (χ3v) is 1.71. The molecule has 1 atom stereocenters. The van der Waals surface area contributed by atoms with Gasteiger partial charge >= 0.3 is 5.97 Å². The topological polar surface area (TPSA) is 92.4 Å². The first-order chi connectivity index (χ1) is 6.07. The van der Waals surface area contributed by atoms with Crippen LogP contribution in [0.1, 0.15) is 26.2 Å². The molecular weight excluding hydrogens is 172 g/mol. The van der Waals surface area contributed by atoms with Crippen molar-refractivity contribution in [2.75, 3.05) is 6.54 Å². The fourth-order valence-corrected chi connectivity index (χ4v) is 0.962. The molecular formula is C8H16N2O3. The Morgan fingerprint density at radius 1 is 1.54 bits per heavy atom. The van der Waals surface area contributed by atoms with Gasteiger partial charge in [-0.3, -0.25) is 9.59 Å². The molecule has 0 aromatic carbocycles. The second kappa shape index (κ2) is 6.42. The molecule has 5 nitrogen and oxygen atoms in total. The van der Waals surface area contributed by atoms with Gasteiger partial charge in [-0.05, 0) is 19.4 Å². The summed E-state index contributed by atoms with van der Waals surface area (Å²) in [7, 11) is 0. The third-order valence-electron chi connectivity index (χ3n) is 1.71. The molecule has 0 aliphatic heterocycles. The smallest absolute Gasteiger partial charge is 0.303 e. The van der Waals surface area contributed by atoms with E-state index in [1.165, 1.54) is 0 Å². The fourth-order valence-electron chi connectivity index (χ4n) is 0.962. The lowest BCUT2D eigenvalue weighted by Gasteiger charge is -2.11. The second-order valence-corrected chi connectivity index (χ2v) is 2.81. The van der Waals surface area contributed by atoms with Gasteiger partial charge in [0.15, 0.2) is 0 Å². The lowest BCUT2D eigenvalue weighted by atomic mass is 10.2. The summed E-state index contributed by atoms with van der Waals surface area (Å²) in [6.45, 7) is 2.35. The van der Waals surface area contributed by atoms with Crippen molar-refractivity contribution in [3.63, 3.8) is 0 Å². The maximum absolute atomic E-state index is 10.7. The Bertz CT molecular complexity index is 182. The van der Waals surface area contributed by atoms with Crippen LogP contribution >= 0.6 is 0 Å². The first kappa shape index (κ1) is 11.9. The highest BCUT2D eigenvalue weighted by molar-refractivity contribution is 5.79. The van der Waals surface area contributed by atoms with Crippen LogP contribution in [0.25, 0.3) is 0 Å². The number of rotatable bonds is 7. The van der Waals surface area contributed by atoms with E-state index in [0.717, 1.165) is 0 Å². The molecule has 0 aliphatic carbocycles. The summed E-state index contributed by atoms with van der Waals surface area (Å²) in [6.07, 6.45) is 1.25. The van der Waals surface area contributed by atoms with Gasteiger partial charge in [0, 0.05) is 6.42 Å². The van der Waals surface area contributed by atoms with Crippen molar-refractivity contribution in [2.45, 2.75) is 32.2 Å². The Morgan fingerprint density at radius 2 is 2.15 bits per heavy atom. The SMILES string of the molecule is CC[C@H](NCCCC(=O)O)C(N)=O. The second-order valence-electron chi connectivity index (χ2n) is 2.81. The zero-order valence-corrected chi connectivity index (χ0v) is 7.75. The van der Waals surface area contributed by atoms with Gasteiger partial charge in [-0.2, -0.15) is 0 Å². The molecule has 0 aromatic heterocycles. The summed E-state index contributed by atoms with van der Waals surface area (Å²) in [4.78, 5) is 20.8. The average molecular weight is 188 g/mol. The number of primary amides is 1. The minimum Gasteiger partial charge on any atom is -0.481 e. The van der Waals surface area contributed by atoms with Crippen molar-refractivity contribution >= 4 is 11.9 Å². The van der Waals surface area contributed by atoms with Gasteiger partial charge in [-0.15, -0.1) is 0 Å². The van der Waals surface area contributed by atoms with Gasteiger partial charge in [0.25, 0.3) is 0 Å². The van der Waals surface area contributed by atoms with Crippen molar-refractivity contribution in [2.24, 2.45) is 5.73 Å². The quantitative estimate of drug-likeness (QED) is 0.478. The Labute approximate surface area is 77.3 Å². The summed E-state index contributed by atoms with van der Waals surface area (Å²) >= 11 is 0. The fraction of sp³-hybridized carbons (Fsp3) is 0.750. The molecule has 0 spiro atoms. The predicted octanol–water partition coefficient (Wildman–Crippen LogP) is -0.295. The van der Waals surface area contributed by atoms with Crippen LogP contribution in [0.15, 0.2) is 0 Å². The van der Waals surface area contributed by atoms with E-state index in [0.29, 0.717) is 19.4 Å². The van der Waals surface area contributed by atoms with E-state index < -0.39 is 11.9 Å². The van der Waals surface area contributed by atoms with Crippen LogP contribution in [0.5, 0.6) is 0 Å². The molecule has 0 saturated heterocycles. The largest absolute Gasteiger partial charge is 0.481 e. The number of carbonyl (C=O) groups is 2. The Hall–Kier alpha value is -1.10. The minimum atomic E-state index is -0.825. The highest BCUT2D eigenvalue weighted by atomic mass is 16.4. The Morgan fingerprint density at radius 3 is 2.54 bits per heavy atom. The number of carboxylic acids is 1. The van der Waals surface area contributed by atoms with Crippen molar-refractivity contribution in [3.8, 4) is 0 Å². The minimum absolute atomic E-state index is 0.113. The molecule has 0 heterocycles. The van der Waals surface area contributed by atoms with Crippen LogP contribution in [-0.2, 0) is 9.59 Å². The monoisotopic (exact) mass is 188 g/mol. The third kappa shape index (κ3) is 6.10. The van der Waals surface area contributed by atoms with Crippen LogP contribution < -0.4 is 11.1 Å². The molecule has 0 rings (SSSR count). The zero-order chi connectivity index (χ0) is 10.3. The van der Waals surface area contributed by atoms with Gasteiger partial charge in [0.2, 0.25) is 5.91 Å². The van der Waals surface area contributed by atoms with Crippen molar-refractivity contribution in [1.29, 1.82) is 0 Å². The highest BCUT2D eigenvalue weighted by Crippen LogP contribution is 1.91. The standard InChI is InChI=1S/C8H16N2O3/c1-2-6(8(9)13)10-5-3-4-7(11)12/h6,10H,2-5H2,1H3,(H2,9,13)(H,11,12)/t6-/m0/s1. The summed E-state index contributed by atoms with van der Waals surface area (Å²) in [5.74, 6) is -1.22. The maximum atomic E-state index is 10.7. The van der Waals surface area contributed by atoms with E-state index in [-0.39, 0.29) is 12.5 Å². The van der Waals surface area contributed by atoms with E-state index in [1.807, 2.05) is 6.92 Å². The van der Waals surface area contributed by atoms with Crippen LogP contribution in [0.2, 0.25) is 0 Å². The number of hydrogen-bond acceptors (Lipinski definition) is 3. The van der Waals surface area contributed by atoms with Crippen molar-refractivity contribution < 1.29 is 14.7 Å². The summed E-state index contributed by atoms with van der Waals surface area (Å²) < 4.78 is 0. The first-order valence-electron chi connectivity index (χ1n) is 4.32. The Kier molecular flexibility index (Phi) is 5.88. The summed E-state index contributed by atoms with van der Waals surface area (Å²) in [5, 5.41) is 11.2. The molecule has 0 aromatic rings. The van der Waals surface area contributed by atoms with Crippen LogP contribution in [-0.4, -0.2) is 29.6 Å². The number of nitrogens with two attached hydrogens (primary N) is 1. The van der Waals surface area contributed by atoms with Gasteiger partial charge in [-0.25, -0.2) is 0 Å². The molecule has 1 amide bonds. The maximum Gasteiger partial charge on any atom is 0.303 e. The molecule has 4 N–H and O–H groups in total. The average Bonchev–Trinajstić information content (AvgIpc) is 2.03. The number of hydrogen-bond donors (Lipinski definition) is 3. The Balaban J connectivity index is 3.50. The number of carbonyl (C=O) groups excluding carboxylic acids is 1. The normalized spacial score (nSPS) is 12.4. The molecule has 0 saturated carbocycles. The lowest BCUT2D eigenvalue weighted by Crippen LogP contribution is -2.41. The number of aliphatic carboxylic acids is 1.